The van der Waals surface area contributed by atoms with Gasteiger partial charge in [0.05, 0.1) is 27.4 Å². The lowest BCUT2D eigenvalue weighted by Crippen LogP contribution is -2.01. The predicted molar refractivity (Wildman–Crippen MR) is 106 cm³/mol. The summed E-state index contributed by atoms with van der Waals surface area (Å²) in [5, 5.41) is 8.81. The highest BCUT2D eigenvalue weighted by Crippen LogP contribution is 2.39. The molecular formula is C22H28O5. The Balaban J connectivity index is 2.11. The number of hydrogen-bond acceptors (Lipinski definition) is 5. The minimum absolute atomic E-state index is 0.0605. The molecule has 27 heavy (non-hydrogen) atoms. The molecule has 5 nitrogen and oxygen atoms in total. The largest absolute Gasteiger partial charge is 0.494 e. The lowest BCUT2D eigenvalue weighted by molar-refractivity contribution is 0.265. The van der Waals surface area contributed by atoms with Crippen LogP contribution < -0.4 is 18.9 Å². The zero-order valence-electron chi connectivity index (χ0n) is 16.2. The number of ether oxygens (including phenoxy) is 4. The standard InChI is InChI=1S/C22H28O5/c1-4-26-19-11-9-17(10-12-19)16-27-22-20(24-2)14-18(15-21(22)25-3)8-6-5-7-13-23/h5,7,9-12,14-15,23H,4,6,8,13,16H2,1-3H3/b7-5-. The van der Waals surface area contributed by atoms with Gasteiger partial charge < -0.3 is 24.1 Å². The fourth-order valence-corrected chi connectivity index (χ4v) is 2.67. The van der Waals surface area contributed by atoms with Crippen LogP contribution in [0, 0.1) is 0 Å². The molecule has 2 rings (SSSR count). The van der Waals surface area contributed by atoms with Crippen LogP contribution >= 0.6 is 0 Å². The first-order valence-corrected chi connectivity index (χ1v) is 9.07. The molecule has 0 amide bonds. The maximum atomic E-state index is 8.81. The first kappa shape index (κ1) is 20.6. The average Bonchev–Trinajstić information content (AvgIpc) is 2.70. The maximum Gasteiger partial charge on any atom is 0.203 e. The highest BCUT2D eigenvalue weighted by Gasteiger charge is 2.14. The van der Waals surface area contributed by atoms with Crippen LogP contribution in [0.25, 0.3) is 0 Å². The van der Waals surface area contributed by atoms with Crippen LogP contribution in [-0.4, -0.2) is 32.5 Å². The number of hydrogen-bond donors (Lipinski definition) is 1. The maximum absolute atomic E-state index is 8.81. The van der Waals surface area contributed by atoms with Crippen molar-refractivity contribution in [1.29, 1.82) is 0 Å². The monoisotopic (exact) mass is 372 g/mol. The van der Waals surface area contributed by atoms with Gasteiger partial charge in [0.25, 0.3) is 0 Å². The van der Waals surface area contributed by atoms with E-state index in [2.05, 4.69) is 0 Å². The molecule has 0 aliphatic carbocycles. The van der Waals surface area contributed by atoms with Crippen molar-refractivity contribution in [1.82, 2.24) is 0 Å². The van der Waals surface area contributed by atoms with Crippen molar-refractivity contribution in [2.75, 3.05) is 27.4 Å². The van der Waals surface area contributed by atoms with Gasteiger partial charge in [-0.3, -0.25) is 0 Å². The molecule has 0 saturated heterocycles. The van der Waals surface area contributed by atoms with Gasteiger partial charge in [0.15, 0.2) is 11.5 Å². The van der Waals surface area contributed by atoms with Gasteiger partial charge in [-0.05, 0) is 55.2 Å². The Morgan fingerprint density at radius 1 is 0.889 bits per heavy atom. The molecule has 0 aliphatic rings. The summed E-state index contributed by atoms with van der Waals surface area (Å²) < 4.78 is 22.5. The SMILES string of the molecule is CCOc1ccc(COc2c(OC)cc(CC/C=C\CO)cc2OC)cc1. The molecule has 0 aromatic heterocycles. The smallest absolute Gasteiger partial charge is 0.203 e. The summed E-state index contributed by atoms with van der Waals surface area (Å²) in [4.78, 5) is 0. The van der Waals surface area contributed by atoms with E-state index in [0.717, 1.165) is 29.7 Å². The normalized spacial score (nSPS) is 10.8. The molecule has 146 valence electrons. The highest BCUT2D eigenvalue weighted by atomic mass is 16.5. The minimum atomic E-state index is 0.0605. The van der Waals surface area contributed by atoms with E-state index in [1.807, 2.05) is 49.4 Å². The van der Waals surface area contributed by atoms with Crippen LogP contribution in [0.15, 0.2) is 48.6 Å². The molecule has 0 fully saturated rings. The van der Waals surface area contributed by atoms with Gasteiger partial charge in [0.2, 0.25) is 5.75 Å². The first-order chi connectivity index (χ1) is 13.2. The molecule has 0 heterocycles. The van der Waals surface area contributed by atoms with E-state index in [1.165, 1.54) is 0 Å². The average molecular weight is 372 g/mol. The second-order valence-corrected chi connectivity index (χ2v) is 5.89. The van der Waals surface area contributed by atoms with Crippen molar-refractivity contribution >= 4 is 0 Å². The van der Waals surface area contributed by atoms with Crippen molar-refractivity contribution in [3.63, 3.8) is 0 Å². The Hall–Kier alpha value is -2.66. The lowest BCUT2D eigenvalue weighted by Gasteiger charge is -2.16. The summed E-state index contributed by atoms with van der Waals surface area (Å²) in [6.07, 6.45) is 5.35. The molecule has 0 bridgehead atoms. The molecule has 2 aromatic carbocycles. The third-order valence-electron chi connectivity index (χ3n) is 4.01. The molecule has 0 radical (unpaired) electrons. The van der Waals surface area contributed by atoms with E-state index in [0.29, 0.717) is 30.5 Å². The van der Waals surface area contributed by atoms with E-state index in [9.17, 15) is 0 Å². The summed E-state index contributed by atoms with van der Waals surface area (Å²) in [7, 11) is 3.24. The number of aliphatic hydroxyl groups is 1. The van der Waals surface area contributed by atoms with Crippen LogP contribution in [0.4, 0.5) is 0 Å². The van der Waals surface area contributed by atoms with Crippen LogP contribution in [-0.2, 0) is 13.0 Å². The van der Waals surface area contributed by atoms with E-state index in [4.69, 9.17) is 24.1 Å². The number of allylic oxidation sites excluding steroid dienone is 1. The molecule has 0 unspecified atom stereocenters. The number of aliphatic hydroxyl groups excluding tert-OH is 1. The van der Waals surface area contributed by atoms with E-state index >= 15 is 0 Å². The first-order valence-electron chi connectivity index (χ1n) is 9.07. The van der Waals surface area contributed by atoms with Crippen molar-refractivity contribution in [2.24, 2.45) is 0 Å². The summed E-state index contributed by atoms with van der Waals surface area (Å²) in [5.41, 5.74) is 2.11. The Morgan fingerprint density at radius 3 is 2.11 bits per heavy atom. The zero-order chi connectivity index (χ0) is 19.5. The van der Waals surface area contributed by atoms with Crippen molar-refractivity contribution in [3.8, 4) is 23.0 Å². The van der Waals surface area contributed by atoms with E-state index in [-0.39, 0.29) is 6.61 Å². The second kappa shape index (κ2) is 11.1. The Kier molecular flexibility index (Phi) is 8.52. The van der Waals surface area contributed by atoms with Crippen molar-refractivity contribution in [3.05, 3.63) is 59.7 Å². The fraction of sp³-hybridized carbons (Fsp3) is 0.364. The fourth-order valence-electron chi connectivity index (χ4n) is 2.67. The second-order valence-electron chi connectivity index (χ2n) is 5.89. The Morgan fingerprint density at radius 2 is 1.56 bits per heavy atom. The third kappa shape index (κ3) is 6.22. The van der Waals surface area contributed by atoms with Crippen molar-refractivity contribution in [2.45, 2.75) is 26.4 Å². The summed E-state index contributed by atoms with van der Waals surface area (Å²) in [6.45, 7) is 3.07. The molecule has 0 aliphatic heterocycles. The highest BCUT2D eigenvalue weighted by molar-refractivity contribution is 5.54. The molecular weight excluding hydrogens is 344 g/mol. The Labute approximate surface area is 161 Å². The number of methoxy groups -OCH3 is 2. The molecule has 0 saturated carbocycles. The molecule has 0 spiro atoms. The van der Waals surface area contributed by atoms with Crippen LogP contribution in [0.2, 0.25) is 0 Å². The zero-order valence-corrected chi connectivity index (χ0v) is 16.2. The quantitative estimate of drug-likeness (QED) is 0.600. The summed E-state index contributed by atoms with van der Waals surface area (Å²) in [6, 6.07) is 11.7. The van der Waals surface area contributed by atoms with Gasteiger partial charge >= 0.3 is 0 Å². The van der Waals surface area contributed by atoms with Gasteiger partial charge in [0.1, 0.15) is 12.4 Å². The molecule has 1 N–H and O–H groups in total. The Bertz CT molecular complexity index is 697. The van der Waals surface area contributed by atoms with Gasteiger partial charge in [0, 0.05) is 0 Å². The predicted octanol–water partition coefficient (Wildman–Crippen LogP) is 4.16. The summed E-state index contributed by atoms with van der Waals surface area (Å²) in [5.74, 6) is 2.71. The number of benzene rings is 2. The van der Waals surface area contributed by atoms with E-state index < -0.39 is 0 Å². The summed E-state index contributed by atoms with van der Waals surface area (Å²) >= 11 is 0. The van der Waals surface area contributed by atoms with Gasteiger partial charge in [-0.25, -0.2) is 0 Å². The lowest BCUT2D eigenvalue weighted by atomic mass is 10.1. The number of aryl methyl sites for hydroxylation is 1. The molecule has 2 aromatic rings. The topological polar surface area (TPSA) is 57.2 Å². The van der Waals surface area contributed by atoms with Gasteiger partial charge in [-0.15, -0.1) is 0 Å². The van der Waals surface area contributed by atoms with Crippen LogP contribution in [0.1, 0.15) is 24.5 Å². The van der Waals surface area contributed by atoms with Gasteiger partial charge in [-0.1, -0.05) is 24.3 Å². The van der Waals surface area contributed by atoms with Gasteiger partial charge in [-0.2, -0.15) is 0 Å². The minimum Gasteiger partial charge on any atom is -0.494 e. The van der Waals surface area contributed by atoms with Crippen LogP contribution in [0.5, 0.6) is 23.0 Å². The third-order valence-corrected chi connectivity index (χ3v) is 4.01. The van der Waals surface area contributed by atoms with Crippen molar-refractivity contribution < 1.29 is 24.1 Å². The molecule has 5 heteroatoms. The van der Waals surface area contributed by atoms with E-state index in [1.54, 1.807) is 20.3 Å². The molecule has 0 atom stereocenters. The van der Waals surface area contributed by atoms with Crippen LogP contribution in [0.3, 0.4) is 0 Å². The number of rotatable bonds is 11.